The van der Waals surface area contributed by atoms with Crippen LogP contribution in [0.4, 0.5) is 0 Å². The van der Waals surface area contributed by atoms with E-state index < -0.39 is 0 Å². The lowest BCUT2D eigenvalue weighted by Crippen LogP contribution is -2.48. The van der Waals surface area contributed by atoms with E-state index >= 15 is 0 Å². The minimum absolute atomic E-state index is 0.422. The normalized spacial score (nSPS) is 31.4. The molecule has 3 aliphatic heterocycles. The Balaban J connectivity index is 1.20. The van der Waals surface area contributed by atoms with E-state index in [2.05, 4.69) is 59.3 Å². The van der Waals surface area contributed by atoms with Crippen LogP contribution in [-0.4, -0.2) is 66.8 Å². The number of hydrogen-bond acceptors (Lipinski definition) is 4. The third-order valence-electron chi connectivity index (χ3n) is 6.50. The van der Waals surface area contributed by atoms with Gasteiger partial charge in [0, 0.05) is 37.8 Å². The fourth-order valence-corrected chi connectivity index (χ4v) is 4.86. The van der Waals surface area contributed by atoms with Crippen LogP contribution in [0.5, 0.6) is 0 Å². The molecule has 0 amide bonds. The molecule has 1 aromatic carbocycles. The van der Waals surface area contributed by atoms with Crippen LogP contribution in [0, 0.1) is 5.92 Å². The molecule has 3 atom stereocenters. The second kappa shape index (κ2) is 8.39. The van der Waals surface area contributed by atoms with E-state index in [1.54, 1.807) is 0 Å². The molecule has 1 N–H and O–H groups in total. The summed E-state index contributed by atoms with van der Waals surface area (Å²) in [5.74, 6) is 0.622. The Kier molecular flexibility index (Phi) is 5.94. The number of piperidine rings is 1. The molecular weight excluding hydrogens is 322 g/mol. The van der Waals surface area contributed by atoms with Crippen molar-refractivity contribution in [2.75, 3.05) is 32.8 Å². The number of rotatable bonds is 5. The van der Waals surface area contributed by atoms with Gasteiger partial charge in [-0.2, -0.15) is 0 Å². The van der Waals surface area contributed by atoms with Crippen molar-refractivity contribution in [1.82, 2.24) is 15.1 Å². The fraction of sp³-hybridized carbons (Fsp3) is 0.727. The van der Waals surface area contributed by atoms with Crippen LogP contribution in [0.1, 0.15) is 38.7 Å². The summed E-state index contributed by atoms with van der Waals surface area (Å²) in [7, 11) is 0. The van der Waals surface area contributed by atoms with Gasteiger partial charge in [-0.15, -0.1) is 0 Å². The van der Waals surface area contributed by atoms with E-state index in [0.717, 1.165) is 19.7 Å². The lowest BCUT2D eigenvalue weighted by Gasteiger charge is -2.36. The predicted molar refractivity (Wildman–Crippen MR) is 106 cm³/mol. The molecule has 0 aliphatic carbocycles. The Morgan fingerprint density at radius 3 is 2.58 bits per heavy atom. The summed E-state index contributed by atoms with van der Waals surface area (Å²) in [6, 6.07) is 12.9. The van der Waals surface area contributed by atoms with Crippen LogP contribution in [0.25, 0.3) is 0 Å². The Hall–Kier alpha value is -0.940. The molecule has 0 aromatic heterocycles. The smallest absolute Gasteiger partial charge is 0.0725 e. The van der Waals surface area contributed by atoms with Gasteiger partial charge in [0.1, 0.15) is 0 Å². The van der Waals surface area contributed by atoms with E-state index in [0.29, 0.717) is 30.1 Å². The van der Waals surface area contributed by atoms with Crippen LogP contribution in [0.3, 0.4) is 0 Å². The maximum absolute atomic E-state index is 6.09. The third-order valence-corrected chi connectivity index (χ3v) is 6.50. The van der Waals surface area contributed by atoms with Crippen molar-refractivity contribution in [1.29, 1.82) is 0 Å². The van der Waals surface area contributed by atoms with Crippen molar-refractivity contribution in [3.05, 3.63) is 35.9 Å². The molecule has 0 unspecified atom stereocenters. The average molecular weight is 358 g/mol. The van der Waals surface area contributed by atoms with Crippen molar-refractivity contribution in [2.45, 2.75) is 63.9 Å². The molecule has 144 valence electrons. The first kappa shape index (κ1) is 18.4. The highest BCUT2D eigenvalue weighted by Gasteiger charge is 2.38. The van der Waals surface area contributed by atoms with Crippen LogP contribution >= 0.6 is 0 Å². The SMILES string of the molecule is CC(C)[C@@H]1CN2C[C@@H](NC3CCN(Cc4ccccc4)CC3)C[C@H]2CO1. The van der Waals surface area contributed by atoms with Gasteiger partial charge in [-0.05, 0) is 43.8 Å². The Labute approximate surface area is 158 Å². The van der Waals surface area contributed by atoms with Gasteiger partial charge >= 0.3 is 0 Å². The number of nitrogens with one attached hydrogen (secondary N) is 1. The van der Waals surface area contributed by atoms with E-state index in [1.165, 1.54) is 44.5 Å². The topological polar surface area (TPSA) is 27.7 Å². The lowest BCUT2D eigenvalue weighted by atomic mass is 10.0. The molecule has 3 heterocycles. The standard InChI is InChI=1S/C22H35N3O/c1-17(2)22-15-25-14-20(12-21(25)16-26-22)23-19-8-10-24(11-9-19)13-18-6-4-3-5-7-18/h3-7,17,19-23H,8-16H2,1-2H3/t20-,21-,22-/m0/s1. The Morgan fingerprint density at radius 2 is 1.85 bits per heavy atom. The molecule has 4 heteroatoms. The zero-order chi connectivity index (χ0) is 17.9. The van der Waals surface area contributed by atoms with E-state index in [4.69, 9.17) is 4.74 Å². The summed E-state index contributed by atoms with van der Waals surface area (Å²) in [6.45, 7) is 11.3. The van der Waals surface area contributed by atoms with Crippen LogP contribution in [0.2, 0.25) is 0 Å². The molecule has 0 radical (unpaired) electrons. The highest BCUT2D eigenvalue weighted by Crippen LogP contribution is 2.26. The molecule has 3 aliphatic rings. The summed E-state index contributed by atoms with van der Waals surface area (Å²) in [4.78, 5) is 5.28. The molecule has 26 heavy (non-hydrogen) atoms. The molecule has 4 nitrogen and oxygen atoms in total. The second-order valence-electron chi connectivity index (χ2n) is 8.86. The molecular formula is C22H35N3O. The summed E-state index contributed by atoms with van der Waals surface area (Å²) in [5, 5.41) is 3.98. The monoisotopic (exact) mass is 357 g/mol. The van der Waals surface area contributed by atoms with E-state index in [9.17, 15) is 0 Å². The van der Waals surface area contributed by atoms with E-state index in [-0.39, 0.29) is 0 Å². The molecule has 3 saturated heterocycles. The van der Waals surface area contributed by atoms with Crippen molar-refractivity contribution in [3.63, 3.8) is 0 Å². The molecule has 4 rings (SSSR count). The molecule has 1 aromatic rings. The quantitative estimate of drug-likeness (QED) is 0.877. The Morgan fingerprint density at radius 1 is 1.08 bits per heavy atom. The molecule has 3 fully saturated rings. The summed E-state index contributed by atoms with van der Waals surface area (Å²) in [5.41, 5.74) is 1.44. The lowest BCUT2D eigenvalue weighted by molar-refractivity contribution is -0.0683. The van der Waals surface area contributed by atoms with Crippen LogP contribution in [-0.2, 0) is 11.3 Å². The van der Waals surface area contributed by atoms with Crippen molar-refractivity contribution >= 4 is 0 Å². The highest BCUT2D eigenvalue weighted by molar-refractivity contribution is 5.14. The Bertz CT molecular complexity index is 556. The number of hydrogen-bond donors (Lipinski definition) is 1. The number of ether oxygens (including phenoxy) is 1. The van der Waals surface area contributed by atoms with E-state index in [1.807, 2.05) is 0 Å². The molecule has 0 bridgehead atoms. The maximum Gasteiger partial charge on any atom is 0.0725 e. The zero-order valence-electron chi connectivity index (χ0n) is 16.4. The zero-order valence-corrected chi connectivity index (χ0v) is 16.4. The number of nitrogens with zero attached hydrogens (tertiary/aromatic N) is 2. The first-order valence-electron chi connectivity index (χ1n) is 10.6. The van der Waals surface area contributed by atoms with Crippen LogP contribution < -0.4 is 5.32 Å². The minimum atomic E-state index is 0.422. The first-order valence-corrected chi connectivity index (χ1v) is 10.6. The van der Waals surface area contributed by atoms with Gasteiger partial charge in [-0.3, -0.25) is 9.80 Å². The van der Waals surface area contributed by atoms with Gasteiger partial charge in [0.25, 0.3) is 0 Å². The highest BCUT2D eigenvalue weighted by atomic mass is 16.5. The first-order chi connectivity index (χ1) is 12.7. The minimum Gasteiger partial charge on any atom is -0.375 e. The van der Waals surface area contributed by atoms with Crippen molar-refractivity contribution in [2.24, 2.45) is 5.92 Å². The number of benzene rings is 1. The van der Waals surface area contributed by atoms with Gasteiger partial charge < -0.3 is 10.1 Å². The summed E-state index contributed by atoms with van der Waals surface area (Å²) in [6.07, 6.45) is 4.24. The maximum atomic E-state index is 6.09. The summed E-state index contributed by atoms with van der Waals surface area (Å²) < 4.78 is 6.09. The average Bonchev–Trinajstić information content (AvgIpc) is 3.05. The third kappa shape index (κ3) is 4.48. The van der Waals surface area contributed by atoms with Crippen molar-refractivity contribution < 1.29 is 4.74 Å². The summed E-state index contributed by atoms with van der Waals surface area (Å²) >= 11 is 0. The molecule has 0 spiro atoms. The van der Waals surface area contributed by atoms with Gasteiger partial charge in [0.15, 0.2) is 0 Å². The van der Waals surface area contributed by atoms with Gasteiger partial charge in [-0.1, -0.05) is 44.2 Å². The van der Waals surface area contributed by atoms with Gasteiger partial charge in [-0.25, -0.2) is 0 Å². The predicted octanol–water partition coefficient (Wildman–Crippen LogP) is 2.74. The number of fused-ring (bicyclic) bond motifs is 1. The fourth-order valence-electron chi connectivity index (χ4n) is 4.86. The van der Waals surface area contributed by atoms with Gasteiger partial charge in [0.2, 0.25) is 0 Å². The number of likely N-dealkylation sites (tertiary alicyclic amines) is 1. The van der Waals surface area contributed by atoms with Gasteiger partial charge in [0.05, 0.1) is 12.7 Å². The molecule has 0 saturated carbocycles. The second-order valence-corrected chi connectivity index (χ2v) is 8.86. The number of morpholine rings is 1. The van der Waals surface area contributed by atoms with Crippen molar-refractivity contribution in [3.8, 4) is 0 Å². The largest absolute Gasteiger partial charge is 0.375 e. The van der Waals surface area contributed by atoms with Crippen LogP contribution in [0.15, 0.2) is 30.3 Å².